The molecule has 0 spiro atoms. The van der Waals surface area contributed by atoms with Gasteiger partial charge < -0.3 is 10.7 Å². The number of carbonyl (C=O) groups is 1. The average molecular weight is 306 g/mol. The smallest absolute Gasteiger partial charge is 0.257 e. The maximum absolute atomic E-state index is 12.8. The Kier molecular flexibility index (Phi) is 6.21. The lowest BCUT2D eigenvalue weighted by Crippen LogP contribution is -2.42. The van der Waals surface area contributed by atoms with Crippen molar-refractivity contribution in [2.45, 2.75) is 19.8 Å². The number of halogens is 1. The van der Waals surface area contributed by atoms with Gasteiger partial charge in [-0.2, -0.15) is 0 Å². The van der Waals surface area contributed by atoms with E-state index in [-0.39, 0.29) is 18.3 Å². The van der Waals surface area contributed by atoms with Gasteiger partial charge in [0.25, 0.3) is 5.91 Å². The molecule has 1 heterocycles. The van der Waals surface area contributed by atoms with Gasteiger partial charge in [0.05, 0.1) is 6.54 Å². The van der Waals surface area contributed by atoms with Crippen LogP contribution in [-0.2, 0) is 4.79 Å². The van der Waals surface area contributed by atoms with Gasteiger partial charge in [0.15, 0.2) is 0 Å². The molecule has 0 bridgehead atoms. The molecule has 1 aromatic rings. The first kappa shape index (κ1) is 16.3. The van der Waals surface area contributed by atoms with Gasteiger partial charge in [0, 0.05) is 30.9 Å². The van der Waals surface area contributed by atoms with E-state index in [1.807, 2.05) is 0 Å². The minimum Gasteiger partial charge on any atom is -0.376 e. The van der Waals surface area contributed by atoms with Gasteiger partial charge >= 0.3 is 0 Å². The van der Waals surface area contributed by atoms with Crippen molar-refractivity contribution in [1.29, 1.82) is 0 Å². The van der Waals surface area contributed by atoms with E-state index in [4.69, 9.17) is 0 Å². The second kappa shape index (κ2) is 8.38. The van der Waals surface area contributed by atoms with E-state index in [0.29, 0.717) is 5.69 Å². The number of rotatable bonds is 7. The number of benzene rings is 1. The van der Waals surface area contributed by atoms with Crippen LogP contribution >= 0.6 is 0 Å². The van der Waals surface area contributed by atoms with Crippen LogP contribution in [0.2, 0.25) is 0 Å². The Morgan fingerprint density at radius 1 is 1.32 bits per heavy atom. The summed E-state index contributed by atoms with van der Waals surface area (Å²) < 4.78 is 12.8. The summed E-state index contributed by atoms with van der Waals surface area (Å²) in [5.41, 5.74) is 7.39. The molecule has 1 aliphatic heterocycles. The van der Waals surface area contributed by atoms with E-state index in [1.54, 1.807) is 12.1 Å². The highest BCUT2D eigenvalue weighted by Gasteiger charge is 2.11. The molecule has 0 unspecified atom stereocenters. The number of anilines is 1. The number of nitrogens with zero attached hydrogens (tertiary/aromatic N) is 1. The molecule has 6 heteroatoms. The van der Waals surface area contributed by atoms with Crippen LogP contribution in [0, 0.1) is 5.82 Å². The fourth-order valence-corrected chi connectivity index (χ4v) is 2.29. The Hall–Kier alpha value is -2.08. The summed E-state index contributed by atoms with van der Waals surface area (Å²) in [6.45, 7) is 5.34. The number of nitrogens with one attached hydrogen (secondary N) is 3. The van der Waals surface area contributed by atoms with E-state index >= 15 is 0 Å². The third-order valence-electron chi connectivity index (χ3n) is 3.49. The van der Waals surface area contributed by atoms with E-state index in [1.165, 1.54) is 12.1 Å². The highest BCUT2D eigenvalue weighted by Crippen LogP contribution is 2.08. The van der Waals surface area contributed by atoms with Crippen LogP contribution in [0.5, 0.6) is 0 Å². The Balaban J connectivity index is 1.66. The topological polar surface area (TPSA) is 56.4 Å². The lowest BCUT2D eigenvalue weighted by atomic mass is 10.2. The van der Waals surface area contributed by atoms with Crippen LogP contribution < -0.4 is 16.2 Å². The molecule has 3 N–H and O–H groups in total. The van der Waals surface area contributed by atoms with Crippen molar-refractivity contribution >= 4 is 11.6 Å². The molecule has 2 rings (SSSR count). The van der Waals surface area contributed by atoms with Gasteiger partial charge in [-0.25, -0.2) is 4.39 Å². The third-order valence-corrected chi connectivity index (χ3v) is 3.49. The summed E-state index contributed by atoms with van der Waals surface area (Å²) >= 11 is 0. The molecular weight excluding hydrogens is 283 g/mol. The molecule has 1 amide bonds. The lowest BCUT2D eigenvalue weighted by Gasteiger charge is -2.26. The van der Waals surface area contributed by atoms with Crippen LogP contribution in [-0.4, -0.2) is 37.0 Å². The Bertz CT molecular complexity index is 515. The summed E-state index contributed by atoms with van der Waals surface area (Å²) in [5, 5.41) is 2.94. The van der Waals surface area contributed by atoms with Gasteiger partial charge in [-0.05, 0) is 43.3 Å². The van der Waals surface area contributed by atoms with Crippen LogP contribution in [0.1, 0.15) is 19.8 Å². The monoisotopic (exact) mass is 306 g/mol. The molecule has 0 saturated heterocycles. The van der Waals surface area contributed by atoms with E-state index < -0.39 is 0 Å². The molecular formula is C16H23FN4O. The Labute approximate surface area is 130 Å². The fraction of sp³-hybridized carbons (Fsp3) is 0.438. The number of carbonyl (C=O) groups excluding carboxylic acids is 1. The van der Waals surface area contributed by atoms with Crippen molar-refractivity contribution in [2.75, 3.05) is 31.5 Å². The van der Waals surface area contributed by atoms with Crippen molar-refractivity contribution in [1.82, 2.24) is 15.8 Å². The molecule has 5 nitrogen and oxygen atoms in total. The number of hydrogen-bond acceptors (Lipinski definition) is 4. The van der Waals surface area contributed by atoms with Gasteiger partial charge in [0.1, 0.15) is 5.82 Å². The lowest BCUT2D eigenvalue weighted by molar-refractivity contribution is -0.120. The molecule has 0 radical (unpaired) electrons. The summed E-state index contributed by atoms with van der Waals surface area (Å²) in [5.74, 6) is -0.459. The minimum absolute atomic E-state index is 0.133. The number of hydrogen-bond donors (Lipinski definition) is 3. The van der Waals surface area contributed by atoms with E-state index in [9.17, 15) is 9.18 Å². The normalized spacial score (nSPS) is 15.1. The second-order valence-corrected chi connectivity index (χ2v) is 5.31. The molecule has 22 heavy (non-hydrogen) atoms. The molecule has 0 saturated carbocycles. The highest BCUT2D eigenvalue weighted by atomic mass is 19.1. The summed E-state index contributed by atoms with van der Waals surface area (Å²) in [6, 6.07) is 5.91. The summed E-state index contributed by atoms with van der Waals surface area (Å²) in [4.78, 5) is 14.1. The average Bonchev–Trinajstić information content (AvgIpc) is 2.54. The Morgan fingerprint density at radius 3 is 2.73 bits per heavy atom. The summed E-state index contributed by atoms with van der Waals surface area (Å²) in [6.07, 6.45) is 4.17. The zero-order chi connectivity index (χ0) is 15.8. The largest absolute Gasteiger partial charge is 0.376 e. The molecule has 0 fully saturated rings. The van der Waals surface area contributed by atoms with Crippen molar-refractivity contribution in [2.24, 2.45) is 0 Å². The molecule has 1 aliphatic rings. The minimum atomic E-state index is -0.293. The van der Waals surface area contributed by atoms with Crippen molar-refractivity contribution in [3.05, 3.63) is 41.9 Å². The van der Waals surface area contributed by atoms with Crippen LogP contribution in [0.3, 0.4) is 0 Å². The highest BCUT2D eigenvalue weighted by molar-refractivity contribution is 5.80. The molecule has 0 atom stereocenters. The first-order chi connectivity index (χ1) is 10.7. The van der Waals surface area contributed by atoms with Crippen molar-refractivity contribution in [3.8, 4) is 0 Å². The second-order valence-electron chi connectivity index (χ2n) is 5.31. The molecule has 0 aliphatic carbocycles. The fourth-order valence-electron chi connectivity index (χ4n) is 2.29. The van der Waals surface area contributed by atoms with Crippen molar-refractivity contribution in [3.63, 3.8) is 0 Å². The standard InChI is InChI=1S/C16H23FN4O/c1-2-9-21-10-7-15(8-11-21)19-20-16(22)12-18-14-5-3-13(17)4-6-14/h3-7,18-19H,2,8-12H2,1H3,(H,20,22). The first-order valence-corrected chi connectivity index (χ1v) is 7.63. The van der Waals surface area contributed by atoms with E-state index in [0.717, 1.165) is 38.2 Å². The predicted molar refractivity (Wildman–Crippen MR) is 85.6 cm³/mol. The third kappa shape index (κ3) is 5.37. The molecule has 120 valence electrons. The van der Waals surface area contributed by atoms with Crippen LogP contribution in [0.4, 0.5) is 10.1 Å². The zero-order valence-corrected chi connectivity index (χ0v) is 12.9. The molecule has 0 aromatic heterocycles. The molecule has 1 aromatic carbocycles. The maximum atomic E-state index is 12.8. The SMILES string of the molecule is CCCN1CC=C(NNC(=O)CNc2ccc(F)cc2)CC1. The maximum Gasteiger partial charge on any atom is 0.257 e. The van der Waals surface area contributed by atoms with Gasteiger partial charge in [-0.3, -0.25) is 15.1 Å². The number of amides is 1. The van der Waals surface area contributed by atoms with Gasteiger partial charge in [0.2, 0.25) is 0 Å². The zero-order valence-electron chi connectivity index (χ0n) is 12.9. The van der Waals surface area contributed by atoms with Crippen molar-refractivity contribution < 1.29 is 9.18 Å². The quantitative estimate of drug-likeness (QED) is 0.673. The Morgan fingerprint density at radius 2 is 2.09 bits per heavy atom. The summed E-state index contributed by atoms with van der Waals surface area (Å²) in [7, 11) is 0. The van der Waals surface area contributed by atoms with E-state index in [2.05, 4.69) is 34.1 Å². The predicted octanol–water partition coefficient (Wildman–Crippen LogP) is 1.86. The van der Waals surface area contributed by atoms with Crippen LogP contribution in [0.15, 0.2) is 36.0 Å². The van der Waals surface area contributed by atoms with Gasteiger partial charge in [-0.1, -0.05) is 6.92 Å². The van der Waals surface area contributed by atoms with Gasteiger partial charge in [-0.15, -0.1) is 0 Å². The number of hydrazine groups is 1. The van der Waals surface area contributed by atoms with Crippen LogP contribution in [0.25, 0.3) is 0 Å². The first-order valence-electron chi connectivity index (χ1n) is 7.63.